The lowest BCUT2D eigenvalue weighted by Gasteiger charge is -2.17. The first kappa shape index (κ1) is 17.0. The summed E-state index contributed by atoms with van der Waals surface area (Å²) in [4.78, 5) is 5.09. The zero-order valence-electron chi connectivity index (χ0n) is 16.2. The van der Waals surface area contributed by atoms with E-state index in [1.54, 1.807) is 0 Å². The minimum absolute atomic E-state index is 0.150. The van der Waals surface area contributed by atoms with Gasteiger partial charge in [0.2, 0.25) is 0 Å². The van der Waals surface area contributed by atoms with Crippen LogP contribution in [0.2, 0.25) is 0 Å². The van der Waals surface area contributed by atoms with Gasteiger partial charge in [0, 0.05) is 22.4 Å². The molecule has 0 saturated heterocycles. The van der Waals surface area contributed by atoms with Crippen LogP contribution in [-0.2, 0) is 0 Å². The highest BCUT2D eigenvalue weighted by atomic mass is 14.7. The van der Waals surface area contributed by atoms with Gasteiger partial charge in [-0.2, -0.15) is 0 Å². The maximum atomic E-state index is 5.09. The quantitative estimate of drug-likeness (QED) is 0.493. The number of allylic oxidation sites excluding steroid dienone is 1. The molecule has 1 nitrogen and oxygen atoms in total. The third-order valence-electron chi connectivity index (χ3n) is 5.01. The first-order valence-corrected chi connectivity index (χ1v) is 9.61. The number of para-hydroxylation sites is 1. The number of fused-ring (bicyclic) bond motifs is 1. The van der Waals surface area contributed by atoms with Crippen LogP contribution in [0.25, 0.3) is 28.1 Å². The number of hydrogen-bond acceptors (Lipinski definition) is 1. The number of rotatable bonds is 3. The Labute approximate surface area is 156 Å². The van der Waals surface area contributed by atoms with Gasteiger partial charge in [0.1, 0.15) is 0 Å². The maximum absolute atomic E-state index is 5.09. The van der Waals surface area contributed by atoms with Gasteiger partial charge in [-0.15, -0.1) is 0 Å². The van der Waals surface area contributed by atoms with Gasteiger partial charge in [-0.3, -0.25) is 4.98 Å². The van der Waals surface area contributed by atoms with E-state index in [9.17, 15) is 0 Å². The summed E-state index contributed by atoms with van der Waals surface area (Å²) in [5.74, 6) is 0.614. The Bertz CT molecular complexity index is 967. The van der Waals surface area contributed by atoms with E-state index in [4.69, 9.17) is 4.98 Å². The summed E-state index contributed by atoms with van der Waals surface area (Å²) in [6.07, 6.45) is 7.16. The van der Waals surface area contributed by atoms with Crippen molar-refractivity contribution in [2.24, 2.45) is 5.41 Å². The summed E-state index contributed by atoms with van der Waals surface area (Å²) >= 11 is 0. The molecule has 0 spiro atoms. The standard InChI is InChI=1S/C25H27N/c1-17-9-11-18(12-10-17)23-20-7-5-6-8-22(20)26-24(19-13-14-19)21(23)15-16-25(2,3)4/h5-12,15-16,19H,13-14H2,1-4H3/b16-15+. The predicted octanol–water partition coefficient (Wildman–Crippen LogP) is 7.15. The highest BCUT2D eigenvalue weighted by Crippen LogP contribution is 2.45. The van der Waals surface area contributed by atoms with Crippen molar-refractivity contribution in [3.63, 3.8) is 0 Å². The van der Waals surface area contributed by atoms with Gasteiger partial charge in [-0.1, -0.05) is 81.0 Å². The number of nitrogens with zero attached hydrogens (tertiary/aromatic N) is 1. The Morgan fingerprint density at radius 3 is 2.31 bits per heavy atom. The van der Waals surface area contributed by atoms with Gasteiger partial charge in [-0.25, -0.2) is 0 Å². The highest BCUT2D eigenvalue weighted by molar-refractivity contribution is 5.99. The van der Waals surface area contributed by atoms with E-state index < -0.39 is 0 Å². The lowest BCUT2D eigenvalue weighted by Crippen LogP contribution is -2.01. The summed E-state index contributed by atoms with van der Waals surface area (Å²) in [7, 11) is 0. The summed E-state index contributed by atoms with van der Waals surface area (Å²) in [6, 6.07) is 17.5. The number of benzene rings is 2. The molecule has 1 aliphatic carbocycles. The predicted molar refractivity (Wildman–Crippen MR) is 112 cm³/mol. The van der Waals surface area contributed by atoms with Crippen LogP contribution in [0.5, 0.6) is 0 Å². The van der Waals surface area contributed by atoms with Crippen molar-refractivity contribution in [1.82, 2.24) is 4.98 Å². The Morgan fingerprint density at radius 1 is 0.962 bits per heavy atom. The average Bonchev–Trinajstić information content (AvgIpc) is 3.44. The molecule has 1 heterocycles. The van der Waals surface area contributed by atoms with Crippen molar-refractivity contribution >= 4 is 17.0 Å². The topological polar surface area (TPSA) is 12.9 Å². The second-order valence-corrected chi connectivity index (χ2v) is 8.64. The molecule has 1 aliphatic rings. The molecule has 2 aromatic carbocycles. The molecule has 4 rings (SSSR count). The second kappa shape index (κ2) is 6.39. The summed E-state index contributed by atoms with van der Waals surface area (Å²) in [5.41, 5.74) is 7.75. The minimum atomic E-state index is 0.150. The molecular formula is C25H27N. The SMILES string of the molecule is Cc1ccc(-c2c(/C=C/C(C)(C)C)c(C3CC3)nc3ccccc23)cc1. The Balaban J connectivity index is 2.04. The zero-order valence-corrected chi connectivity index (χ0v) is 16.2. The lowest BCUT2D eigenvalue weighted by molar-refractivity contribution is 0.547. The van der Waals surface area contributed by atoms with E-state index in [2.05, 4.69) is 88.4 Å². The summed E-state index contributed by atoms with van der Waals surface area (Å²) in [6.45, 7) is 8.89. The van der Waals surface area contributed by atoms with Crippen molar-refractivity contribution < 1.29 is 0 Å². The van der Waals surface area contributed by atoms with Gasteiger partial charge < -0.3 is 0 Å². The van der Waals surface area contributed by atoms with E-state index in [1.807, 2.05) is 0 Å². The molecule has 0 aliphatic heterocycles. The number of pyridine rings is 1. The molecule has 132 valence electrons. The van der Waals surface area contributed by atoms with E-state index in [1.165, 1.54) is 46.2 Å². The second-order valence-electron chi connectivity index (χ2n) is 8.64. The van der Waals surface area contributed by atoms with Crippen LogP contribution in [-0.4, -0.2) is 4.98 Å². The Hall–Kier alpha value is -2.41. The molecule has 3 aromatic rings. The molecule has 0 amide bonds. The van der Waals surface area contributed by atoms with Gasteiger partial charge in [0.25, 0.3) is 0 Å². The summed E-state index contributed by atoms with van der Waals surface area (Å²) < 4.78 is 0. The number of hydrogen-bond donors (Lipinski definition) is 0. The first-order valence-electron chi connectivity index (χ1n) is 9.61. The van der Waals surface area contributed by atoms with E-state index in [0.29, 0.717) is 5.92 Å². The average molecular weight is 341 g/mol. The molecule has 0 radical (unpaired) electrons. The summed E-state index contributed by atoms with van der Waals surface area (Å²) in [5, 5.41) is 1.24. The third kappa shape index (κ3) is 3.44. The van der Waals surface area contributed by atoms with Crippen LogP contribution < -0.4 is 0 Å². The fourth-order valence-electron chi connectivity index (χ4n) is 3.45. The Kier molecular flexibility index (Phi) is 4.19. The van der Waals surface area contributed by atoms with Crippen LogP contribution in [0.3, 0.4) is 0 Å². The van der Waals surface area contributed by atoms with E-state index in [0.717, 1.165) is 5.52 Å². The fourth-order valence-corrected chi connectivity index (χ4v) is 3.45. The van der Waals surface area contributed by atoms with Crippen LogP contribution in [0.1, 0.15) is 56.4 Å². The third-order valence-corrected chi connectivity index (χ3v) is 5.01. The molecule has 26 heavy (non-hydrogen) atoms. The van der Waals surface area contributed by atoms with Crippen LogP contribution in [0.15, 0.2) is 54.6 Å². The fraction of sp³-hybridized carbons (Fsp3) is 0.320. The largest absolute Gasteiger partial charge is 0.252 e. The molecule has 0 atom stereocenters. The maximum Gasteiger partial charge on any atom is 0.0712 e. The molecule has 0 bridgehead atoms. The molecule has 0 N–H and O–H groups in total. The van der Waals surface area contributed by atoms with Crippen molar-refractivity contribution in [1.29, 1.82) is 0 Å². The number of aryl methyl sites for hydroxylation is 1. The first-order chi connectivity index (χ1) is 12.4. The van der Waals surface area contributed by atoms with Crippen LogP contribution in [0.4, 0.5) is 0 Å². The van der Waals surface area contributed by atoms with Gasteiger partial charge in [0.15, 0.2) is 0 Å². The van der Waals surface area contributed by atoms with Crippen molar-refractivity contribution in [3.05, 3.63) is 71.4 Å². The van der Waals surface area contributed by atoms with Gasteiger partial charge in [0.05, 0.1) is 11.2 Å². The smallest absolute Gasteiger partial charge is 0.0712 e. The normalized spacial score (nSPS) is 15.1. The van der Waals surface area contributed by atoms with Crippen molar-refractivity contribution in [3.8, 4) is 11.1 Å². The van der Waals surface area contributed by atoms with Crippen molar-refractivity contribution in [2.75, 3.05) is 0 Å². The van der Waals surface area contributed by atoms with Crippen molar-refractivity contribution in [2.45, 2.75) is 46.5 Å². The molecule has 0 unspecified atom stereocenters. The molecule has 1 saturated carbocycles. The molecule has 1 fully saturated rings. The zero-order chi connectivity index (χ0) is 18.3. The molecule has 1 heteroatoms. The van der Waals surface area contributed by atoms with Crippen LogP contribution >= 0.6 is 0 Å². The highest BCUT2D eigenvalue weighted by Gasteiger charge is 2.29. The molecular weight excluding hydrogens is 314 g/mol. The van der Waals surface area contributed by atoms with E-state index in [-0.39, 0.29) is 5.41 Å². The number of aromatic nitrogens is 1. The van der Waals surface area contributed by atoms with Crippen LogP contribution in [0, 0.1) is 12.3 Å². The molecule has 1 aromatic heterocycles. The van der Waals surface area contributed by atoms with E-state index >= 15 is 0 Å². The lowest BCUT2D eigenvalue weighted by atomic mass is 9.89. The Morgan fingerprint density at radius 2 is 1.65 bits per heavy atom. The van der Waals surface area contributed by atoms with Gasteiger partial charge in [-0.05, 0) is 36.8 Å². The van der Waals surface area contributed by atoms with Gasteiger partial charge >= 0.3 is 0 Å². The minimum Gasteiger partial charge on any atom is -0.252 e. The monoisotopic (exact) mass is 341 g/mol.